The van der Waals surface area contributed by atoms with Gasteiger partial charge in [0.1, 0.15) is 5.82 Å². The number of rotatable bonds is 5. The van der Waals surface area contributed by atoms with Crippen molar-refractivity contribution in [3.8, 4) is 11.8 Å². The zero-order valence-electron chi connectivity index (χ0n) is 10.8. The van der Waals surface area contributed by atoms with Gasteiger partial charge >= 0.3 is 0 Å². The van der Waals surface area contributed by atoms with Gasteiger partial charge in [0.25, 0.3) is 5.91 Å². The normalized spacial score (nSPS) is 9.50. The average molecular weight is 278 g/mol. The lowest BCUT2D eigenvalue weighted by Gasteiger charge is -2.05. The number of carbonyl (C=O) groups excluding carboxylic acids is 2. The fraction of sp³-hybridized carbons (Fsp3) is 0.286. The van der Waals surface area contributed by atoms with Crippen molar-refractivity contribution < 1.29 is 19.1 Å². The standard InChI is InChI=1S/C14H15FN2O3/c15-12-5-4-10(3-1-2-8-18)9-11(12)14(20)17-7-6-13(16)19/h4-5,9,18H,2,6-8H2,(H2,16,19)(H,17,20). The van der Waals surface area contributed by atoms with E-state index >= 15 is 0 Å². The summed E-state index contributed by atoms with van der Waals surface area (Å²) < 4.78 is 13.6. The molecule has 1 aromatic rings. The van der Waals surface area contributed by atoms with Crippen LogP contribution in [0.5, 0.6) is 0 Å². The molecular weight excluding hydrogens is 263 g/mol. The van der Waals surface area contributed by atoms with Crippen LogP contribution < -0.4 is 11.1 Å². The van der Waals surface area contributed by atoms with E-state index in [1.165, 1.54) is 12.1 Å². The Morgan fingerprint density at radius 3 is 2.80 bits per heavy atom. The van der Waals surface area contributed by atoms with E-state index in [2.05, 4.69) is 17.2 Å². The van der Waals surface area contributed by atoms with Crippen molar-refractivity contribution >= 4 is 11.8 Å². The second-order valence-electron chi connectivity index (χ2n) is 3.94. The summed E-state index contributed by atoms with van der Waals surface area (Å²) in [6, 6.07) is 3.91. The highest BCUT2D eigenvalue weighted by Gasteiger charge is 2.11. The molecule has 0 unspecified atom stereocenters. The van der Waals surface area contributed by atoms with Crippen LogP contribution in [0, 0.1) is 17.7 Å². The number of aliphatic hydroxyl groups is 1. The van der Waals surface area contributed by atoms with Gasteiger partial charge in [-0.05, 0) is 18.2 Å². The minimum absolute atomic E-state index is 0.0106. The van der Waals surface area contributed by atoms with E-state index < -0.39 is 17.6 Å². The number of hydrogen-bond acceptors (Lipinski definition) is 3. The molecule has 0 spiro atoms. The molecule has 1 aromatic carbocycles. The van der Waals surface area contributed by atoms with Crippen LogP contribution in [0.4, 0.5) is 4.39 Å². The van der Waals surface area contributed by atoms with Gasteiger partial charge in [-0.15, -0.1) is 0 Å². The first-order valence-electron chi connectivity index (χ1n) is 6.00. The minimum atomic E-state index is -0.672. The van der Waals surface area contributed by atoms with Gasteiger partial charge < -0.3 is 16.2 Å². The molecule has 0 bridgehead atoms. The quantitative estimate of drug-likeness (QED) is 0.670. The minimum Gasteiger partial charge on any atom is -0.395 e. The van der Waals surface area contributed by atoms with Crippen molar-refractivity contribution in [1.82, 2.24) is 5.32 Å². The van der Waals surface area contributed by atoms with E-state index in [-0.39, 0.29) is 25.1 Å². The van der Waals surface area contributed by atoms with Crippen molar-refractivity contribution in [2.45, 2.75) is 12.8 Å². The molecule has 1 rings (SSSR count). The van der Waals surface area contributed by atoms with Crippen LogP contribution in [0.15, 0.2) is 18.2 Å². The smallest absolute Gasteiger partial charge is 0.254 e. The Morgan fingerprint density at radius 2 is 2.15 bits per heavy atom. The summed E-state index contributed by atoms with van der Waals surface area (Å²) in [6.07, 6.45) is 0.293. The van der Waals surface area contributed by atoms with Gasteiger partial charge in [0.2, 0.25) is 5.91 Å². The molecule has 0 saturated carbocycles. The predicted octanol–water partition coefficient (Wildman–Crippen LogP) is 0.165. The Kier molecular flexibility index (Phi) is 6.20. The summed E-state index contributed by atoms with van der Waals surface area (Å²) in [5.41, 5.74) is 5.26. The zero-order chi connectivity index (χ0) is 15.0. The molecule has 106 valence electrons. The van der Waals surface area contributed by atoms with Crippen LogP contribution in [0.1, 0.15) is 28.8 Å². The second kappa shape index (κ2) is 7.92. The number of primary amides is 1. The SMILES string of the molecule is NC(=O)CCNC(=O)c1cc(C#CCCO)ccc1F. The highest BCUT2D eigenvalue weighted by Crippen LogP contribution is 2.10. The third-order valence-corrected chi connectivity index (χ3v) is 2.34. The largest absolute Gasteiger partial charge is 0.395 e. The summed E-state index contributed by atoms with van der Waals surface area (Å²) in [7, 11) is 0. The zero-order valence-corrected chi connectivity index (χ0v) is 10.8. The van der Waals surface area contributed by atoms with Crippen LogP contribution in [0.25, 0.3) is 0 Å². The molecule has 0 saturated heterocycles. The molecule has 5 nitrogen and oxygen atoms in total. The average Bonchev–Trinajstić information content (AvgIpc) is 2.40. The first-order chi connectivity index (χ1) is 9.54. The van der Waals surface area contributed by atoms with Crippen LogP contribution >= 0.6 is 0 Å². The Balaban J connectivity index is 2.78. The van der Waals surface area contributed by atoms with Crippen LogP contribution in [0.3, 0.4) is 0 Å². The third-order valence-electron chi connectivity index (χ3n) is 2.34. The van der Waals surface area contributed by atoms with Crippen molar-refractivity contribution in [3.05, 3.63) is 35.1 Å². The summed E-state index contributed by atoms with van der Waals surface area (Å²) in [4.78, 5) is 22.3. The highest BCUT2D eigenvalue weighted by molar-refractivity contribution is 5.95. The summed E-state index contributed by atoms with van der Waals surface area (Å²) in [6.45, 7) is -0.0112. The monoisotopic (exact) mass is 278 g/mol. The topological polar surface area (TPSA) is 92.4 Å². The van der Waals surface area contributed by atoms with Crippen molar-refractivity contribution in [1.29, 1.82) is 0 Å². The van der Waals surface area contributed by atoms with Crippen LogP contribution in [0.2, 0.25) is 0 Å². The summed E-state index contributed by atoms with van der Waals surface area (Å²) in [5.74, 6) is 3.54. The number of nitrogens with two attached hydrogens (primary N) is 1. The molecule has 0 aliphatic heterocycles. The van der Waals surface area contributed by atoms with E-state index in [9.17, 15) is 14.0 Å². The number of amides is 2. The number of nitrogens with one attached hydrogen (secondary N) is 1. The molecular formula is C14H15FN2O3. The fourth-order valence-electron chi connectivity index (χ4n) is 1.39. The maximum atomic E-state index is 13.6. The van der Waals surface area contributed by atoms with E-state index in [4.69, 9.17) is 10.8 Å². The molecule has 0 aromatic heterocycles. The first-order valence-corrected chi connectivity index (χ1v) is 6.00. The molecule has 20 heavy (non-hydrogen) atoms. The number of aliphatic hydroxyl groups excluding tert-OH is 1. The fourth-order valence-corrected chi connectivity index (χ4v) is 1.39. The molecule has 4 N–H and O–H groups in total. The molecule has 0 aliphatic rings. The second-order valence-corrected chi connectivity index (χ2v) is 3.94. The van der Waals surface area contributed by atoms with Gasteiger partial charge in [-0.2, -0.15) is 0 Å². The Labute approximate surface area is 116 Å². The number of carbonyl (C=O) groups is 2. The molecule has 0 aliphatic carbocycles. The lowest BCUT2D eigenvalue weighted by molar-refractivity contribution is -0.117. The number of halogens is 1. The van der Waals surface area contributed by atoms with Crippen molar-refractivity contribution in [2.24, 2.45) is 5.73 Å². The van der Waals surface area contributed by atoms with Gasteiger partial charge in [0.05, 0.1) is 12.2 Å². The maximum Gasteiger partial charge on any atom is 0.254 e. The van der Waals surface area contributed by atoms with Gasteiger partial charge in [-0.3, -0.25) is 9.59 Å². The maximum absolute atomic E-state index is 13.6. The first kappa shape index (κ1) is 15.7. The molecule has 2 amide bonds. The lowest BCUT2D eigenvalue weighted by Crippen LogP contribution is -2.28. The lowest BCUT2D eigenvalue weighted by atomic mass is 10.1. The molecule has 0 radical (unpaired) electrons. The molecule has 0 fully saturated rings. The van der Waals surface area contributed by atoms with E-state index in [0.29, 0.717) is 12.0 Å². The summed E-state index contributed by atoms with van der Waals surface area (Å²) in [5, 5.41) is 11.0. The van der Waals surface area contributed by atoms with E-state index in [1.54, 1.807) is 0 Å². The van der Waals surface area contributed by atoms with Crippen LogP contribution in [-0.2, 0) is 4.79 Å². The van der Waals surface area contributed by atoms with Gasteiger partial charge in [0.15, 0.2) is 0 Å². The summed E-state index contributed by atoms with van der Waals surface area (Å²) >= 11 is 0. The molecule has 0 atom stereocenters. The highest BCUT2D eigenvalue weighted by atomic mass is 19.1. The van der Waals surface area contributed by atoms with Crippen LogP contribution in [-0.4, -0.2) is 30.1 Å². The number of hydrogen-bond donors (Lipinski definition) is 3. The van der Waals surface area contributed by atoms with Crippen molar-refractivity contribution in [3.63, 3.8) is 0 Å². The number of benzene rings is 1. The van der Waals surface area contributed by atoms with Gasteiger partial charge in [-0.25, -0.2) is 4.39 Å². The van der Waals surface area contributed by atoms with E-state index in [0.717, 1.165) is 6.07 Å². The predicted molar refractivity (Wildman–Crippen MR) is 71.1 cm³/mol. The third kappa shape index (κ3) is 5.08. The molecule has 6 heteroatoms. The van der Waals surface area contributed by atoms with Crippen molar-refractivity contribution in [2.75, 3.05) is 13.2 Å². The van der Waals surface area contributed by atoms with Gasteiger partial charge in [-0.1, -0.05) is 11.8 Å². The Hall–Kier alpha value is -2.39. The van der Waals surface area contributed by atoms with Gasteiger partial charge in [0, 0.05) is 24.9 Å². The Morgan fingerprint density at radius 1 is 1.40 bits per heavy atom. The Bertz CT molecular complexity index is 561. The molecule has 0 heterocycles. The van der Waals surface area contributed by atoms with E-state index in [1.807, 2.05) is 0 Å².